The van der Waals surface area contributed by atoms with Crippen molar-refractivity contribution in [3.8, 4) is 5.75 Å². The van der Waals surface area contributed by atoms with E-state index in [0.717, 1.165) is 0 Å². The molecule has 0 unspecified atom stereocenters. The molecule has 0 bridgehead atoms. The largest absolute Gasteiger partial charge is 0.496 e. The number of nitrogens with zero attached hydrogens (tertiary/aromatic N) is 2. The Morgan fingerprint density at radius 2 is 2.25 bits per heavy atom. The van der Waals surface area contributed by atoms with Crippen LogP contribution in [-0.4, -0.2) is 29.8 Å². The maximum absolute atomic E-state index is 11.2. The molecule has 0 amide bonds. The normalized spacial score (nSPS) is 10.8. The molecule has 1 aromatic carbocycles. The number of methoxy groups -OCH3 is 1. The molecule has 108 valence electrons. The van der Waals surface area contributed by atoms with Gasteiger partial charge in [-0.3, -0.25) is 15.5 Å². The molecule has 20 heavy (non-hydrogen) atoms. The summed E-state index contributed by atoms with van der Waals surface area (Å²) >= 11 is 5.57. The number of anilines is 1. The van der Waals surface area contributed by atoms with Gasteiger partial charge in [0.2, 0.25) is 5.17 Å². The van der Waals surface area contributed by atoms with Crippen LogP contribution in [0.1, 0.15) is 6.92 Å². The molecule has 0 aliphatic rings. The van der Waals surface area contributed by atoms with Crippen molar-refractivity contribution in [1.82, 2.24) is 0 Å². The fourth-order valence-electron chi connectivity index (χ4n) is 1.23. The van der Waals surface area contributed by atoms with Crippen LogP contribution in [0.3, 0.4) is 0 Å². The Hall–Kier alpha value is -2.35. The van der Waals surface area contributed by atoms with Crippen molar-refractivity contribution >= 4 is 34.1 Å². The smallest absolute Gasteiger partial charge is 0.370 e. The van der Waals surface area contributed by atoms with Gasteiger partial charge >= 0.3 is 5.97 Å². The van der Waals surface area contributed by atoms with E-state index in [-0.39, 0.29) is 18.0 Å². The van der Waals surface area contributed by atoms with Gasteiger partial charge in [-0.05, 0) is 19.1 Å². The second-order valence-corrected chi connectivity index (χ2v) is 3.73. The fraction of sp³-hybridized carbons (Fsp3) is 0.273. The average molecular weight is 302 g/mol. The zero-order valence-corrected chi connectivity index (χ0v) is 11.5. The molecule has 0 aliphatic carbocycles. The van der Waals surface area contributed by atoms with Crippen molar-refractivity contribution in [2.45, 2.75) is 6.92 Å². The van der Waals surface area contributed by atoms with Gasteiger partial charge in [0.15, 0.2) is 0 Å². The van der Waals surface area contributed by atoms with E-state index in [1.807, 2.05) is 0 Å². The highest BCUT2D eigenvalue weighted by molar-refractivity contribution is 6.82. The van der Waals surface area contributed by atoms with Crippen molar-refractivity contribution in [2.75, 3.05) is 19.1 Å². The summed E-state index contributed by atoms with van der Waals surface area (Å²) in [5, 5.41) is 14.0. The standard InChI is InChI=1S/C11H12ClN3O5/c1-3-20-11(16)10(12)14-13-8-5-4-7(19-2)6-9(8)15(17)18/h4-6,13H,3H2,1-2H3/b14-10+. The quantitative estimate of drug-likeness (QED) is 0.373. The Labute approximate surface area is 119 Å². The van der Waals surface area contributed by atoms with Gasteiger partial charge < -0.3 is 9.47 Å². The van der Waals surface area contributed by atoms with Gasteiger partial charge in [0, 0.05) is 0 Å². The summed E-state index contributed by atoms with van der Waals surface area (Å²) < 4.78 is 9.50. The summed E-state index contributed by atoms with van der Waals surface area (Å²) in [6, 6.07) is 4.11. The molecule has 0 aliphatic heterocycles. The molecule has 1 aromatic rings. The van der Waals surface area contributed by atoms with E-state index in [0.29, 0.717) is 5.75 Å². The van der Waals surface area contributed by atoms with Crippen LogP contribution in [0, 0.1) is 10.1 Å². The number of nitro benzene ring substituents is 1. The van der Waals surface area contributed by atoms with Crippen molar-refractivity contribution in [3.63, 3.8) is 0 Å². The highest BCUT2D eigenvalue weighted by Crippen LogP contribution is 2.28. The topological polar surface area (TPSA) is 103 Å². The second-order valence-electron chi connectivity index (χ2n) is 3.38. The molecule has 0 aromatic heterocycles. The number of carbonyl (C=O) groups excluding carboxylic acids is 1. The Morgan fingerprint density at radius 1 is 1.55 bits per heavy atom. The Bertz CT molecular complexity index is 547. The lowest BCUT2D eigenvalue weighted by atomic mass is 10.2. The third-order valence-electron chi connectivity index (χ3n) is 2.12. The number of benzene rings is 1. The predicted molar refractivity (Wildman–Crippen MR) is 73.2 cm³/mol. The van der Waals surface area contributed by atoms with Crippen LogP contribution in [0.5, 0.6) is 5.75 Å². The van der Waals surface area contributed by atoms with Crippen molar-refractivity contribution in [2.24, 2.45) is 5.10 Å². The van der Waals surface area contributed by atoms with Gasteiger partial charge in [-0.1, -0.05) is 11.6 Å². The summed E-state index contributed by atoms with van der Waals surface area (Å²) in [4.78, 5) is 21.5. The first-order chi connectivity index (χ1) is 9.49. The summed E-state index contributed by atoms with van der Waals surface area (Å²) in [6.45, 7) is 1.76. The number of hydrogen-bond donors (Lipinski definition) is 1. The van der Waals surface area contributed by atoms with E-state index in [1.54, 1.807) is 6.92 Å². The van der Waals surface area contributed by atoms with Gasteiger partial charge in [0.25, 0.3) is 5.69 Å². The maximum Gasteiger partial charge on any atom is 0.370 e. The number of nitrogens with one attached hydrogen (secondary N) is 1. The van der Waals surface area contributed by atoms with E-state index in [2.05, 4.69) is 15.3 Å². The minimum Gasteiger partial charge on any atom is -0.496 e. The number of hydrogen-bond acceptors (Lipinski definition) is 7. The van der Waals surface area contributed by atoms with Crippen LogP contribution >= 0.6 is 11.6 Å². The second kappa shape index (κ2) is 7.29. The van der Waals surface area contributed by atoms with Crippen molar-refractivity contribution in [1.29, 1.82) is 0 Å². The van der Waals surface area contributed by atoms with Gasteiger partial charge in [-0.15, -0.1) is 0 Å². The highest BCUT2D eigenvalue weighted by Gasteiger charge is 2.16. The first-order valence-electron chi connectivity index (χ1n) is 5.48. The van der Waals surface area contributed by atoms with E-state index < -0.39 is 16.1 Å². The predicted octanol–water partition coefficient (Wildman–Crippen LogP) is 2.13. The Morgan fingerprint density at radius 3 is 2.80 bits per heavy atom. The van der Waals surface area contributed by atoms with Crippen LogP contribution in [0.15, 0.2) is 23.3 Å². The van der Waals surface area contributed by atoms with E-state index in [9.17, 15) is 14.9 Å². The molecule has 1 rings (SSSR count). The van der Waals surface area contributed by atoms with Gasteiger partial charge in [0.1, 0.15) is 11.4 Å². The monoisotopic (exact) mass is 301 g/mol. The van der Waals surface area contributed by atoms with Gasteiger partial charge in [-0.25, -0.2) is 4.79 Å². The molecule has 0 radical (unpaired) electrons. The number of ether oxygens (including phenoxy) is 2. The number of halogens is 1. The van der Waals surface area contributed by atoms with Crippen LogP contribution in [-0.2, 0) is 9.53 Å². The van der Waals surface area contributed by atoms with Crippen LogP contribution in [0.25, 0.3) is 0 Å². The van der Waals surface area contributed by atoms with Crippen LogP contribution in [0.2, 0.25) is 0 Å². The summed E-state index contributed by atoms with van der Waals surface area (Å²) in [5.41, 5.74) is 2.15. The first-order valence-corrected chi connectivity index (χ1v) is 5.86. The molecule has 8 nitrogen and oxygen atoms in total. The van der Waals surface area contributed by atoms with E-state index >= 15 is 0 Å². The number of carbonyl (C=O) groups is 1. The fourth-order valence-corrected chi connectivity index (χ4v) is 1.33. The SMILES string of the molecule is CCOC(=O)/C(Cl)=N\Nc1ccc(OC)cc1[N+](=O)[O-]. The van der Waals surface area contributed by atoms with Crippen LogP contribution in [0.4, 0.5) is 11.4 Å². The Kier molecular flexibility index (Phi) is 5.73. The highest BCUT2D eigenvalue weighted by atomic mass is 35.5. The molecule has 0 fully saturated rings. The lowest BCUT2D eigenvalue weighted by Crippen LogP contribution is -2.13. The molecule has 9 heteroatoms. The van der Waals surface area contributed by atoms with Gasteiger partial charge in [-0.2, -0.15) is 5.10 Å². The molecular weight excluding hydrogens is 290 g/mol. The van der Waals surface area contributed by atoms with Crippen LogP contribution < -0.4 is 10.2 Å². The summed E-state index contributed by atoms with van der Waals surface area (Å²) in [5.74, 6) is -0.499. The lowest BCUT2D eigenvalue weighted by Gasteiger charge is -2.05. The molecule has 0 saturated carbocycles. The number of esters is 1. The molecule has 0 spiro atoms. The molecular formula is C11H12ClN3O5. The third-order valence-corrected chi connectivity index (χ3v) is 2.36. The van der Waals surface area contributed by atoms with Crippen molar-refractivity contribution < 1.29 is 19.2 Å². The molecule has 0 saturated heterocycles. The van der Waals surface area contributed by atoms with Crippen molar-refractivity contribution in [3.05, 3.63) is 28.3 Å². The lowest BCUT2D eigenvalue weighted by molar-refractivity contribution is -0.384. The minimum atomic E-state index is -0.821. The number of hydrazone groups is 1. The number of rotatable bonds is 6. The zero-order chi connectivity index (χ0) is 15.1. The molecule has 0 heterocycles. The zero-order valence-electron chi connectivity index (χ0n) is 10.8. The minimum absolute atomic E-state index is 0.0678. The summed E-state index contributed by atoms with van der Waals surface area (Å²) in [7, 11) is 1.39. The first kappa shape index (κ1) is 15.7. The molecule has 1 N–H and O–H groups in total. The number of nitro groups is 1. The molecule has 0 atom stereocenters. The Balaban J connectivity index is 2.95. The van der Waals surface area contributed by atoms with E-state index in [4.69, 9.17) is 16.3 Å². The van der Waals surface area contributed by atoms with Gasteiger partial charge in [0.05, 0.1) is 24.7 Å². The summed E-state index contributed by atoms with van der Waals surface area (Å²) in [6.07, 6.45) is 0. The third kappa shape index (κ3) is 4.09. The average Bonchev–Trinajstić information content (AvgIpc) is 2.44. The maximum atomic E-state index is 11.2. The van der Waals surface area contributed by atoms with E-state index in [1.165, 1.54) is 25.3 Å².